The van der Waals surface area contributed by atoms with Crippen molar-refractivity contribution in [2.75, 3.05) is 26.3 Å². The Hall–Kier alpha value is -3.30. The summed E-state index contributed by atoms with van der Waals surface area (Å²) in [5.41, 5.74) is 2.35. The topological polar surface area (TPSA) is 122 Å². The van der Waals surface area contributed by atoms with Gasteiger partial charge in [-0.3, -0.25) is 14.9 Å². The van der Waals surface area contributed by atoms with Crippen molar-refractivity contribution in [1.82, 2.24) is 14.9 Å². The molecule has 2 aromatic heterocycles. The highest BCUT2D eigenvalue weighted by molar-refractivity contribution is 5.73. The van der Waals surface area contributed by atoms with Crippen LogP contribution in [-0.4, -0.2) is 81.8 Å². The van der Waals surface area contributed by atoms with Crippen molar-refractivity contribution in [1.29, 1.82) is 0 Å². The number of alkyl halides is 6. The number of ether oxygens (including phenoxy) is 2. The second-order valence-electron chi connectivity index (χ2n) is 9.11. The summed E-state index contributed by atoms with van der Waals surface area (Å²) in [6.45, 7) is 5.22. The molecule has 0 radical (unpaired) electrons. The Bertz CT molecular complexity index is 1030. The number of aromatic nitrogens is 2. The first-order valence-electron chi connectivity index (χ1n) is 12.0. The molecule has 0 amide bonds. The number of carboxylic acid groups (broad SMARTS) is 2. The third-order valence-corrected chi connectivity index (χ3v) is 6.04. The molecule has 4 heterocycles. The van der Waals surface area contributed by atoms with E-state index < -0.39 is 24.3 Å². The van der Waals surface area contributed by atoms with Crippen LogP contribution in [0.25, 0.3) is 0 Å². The normalized spacial score (nSPS) is 21.1. The number of pyridine rings is 2. The zero-order chi connectivity index (χ0) is 29.8. The molecule has 15 heteroatoms. The Balaban J connectivity index is 0.000000333. The summed E-state index contributed by atoms with van der Waals surface area (Å²) in [4.78, 5) is 29.0. The highest BCUT2D eigenvalue weighted by Gasteiger charge is 2.46. The fraction of sp³-hybridized carbons (Fsp3) is 0.520. The van der Waals surface area contributed by atoms with E-state index in [1.807, 2.05) is 24.5 Å². The van der Waals surface area contributed by atoms with Gasteiger partial charge in [0.25, 0.3) is 0 Å². The molecule has 0 spiro atoms. The molecule has 2 atom stereocenters. The van der Waals surface area contributed by atoms with Crippen LogP contribution in [0.1, 0.15) is 30.5 Å². The van der Waals surface area contributed by atoms with Gasteiger partial charge >= 0.3 is 24.3 Å². The lowest BCUT2D eigenvalue weighted by molar-refractivity contribution is -0.193. The molecule has 0 saturated carbocycles. The number of carbonyl (C=O) groups is 2. The van der Waals surface area contributed by atoms with Crippen LogP contribution in [0, 0.1) is 5.41 Å². The minimum atomic E-state index is -5.08. The van der Waals surface area contributed by atoms with Gasteiger partial charge in [-0.2, -0.15) is 26.3 Å². The minimum absolute atomic E-state index is 0.0908. The first kappa shape index (κ1) is 32.9. The number of aliphatic carboxylic acids is 2. The van der Waals surface area contributed by atoms with E-state index >= 15 is 0 Å². The van der Waals surface area contributed by atoms with E-state index in [2.05, 4.69) is 33.1 Å². The van der Waals surface area contributed by atoms with Crippen LogP contribution in [0.4, 0.5) is 26.3 Å². The van der Waals surface area contributed by atoms with Crippen molar-refractivity contribution in [3.05, 3.63) is 60.2 Å². The van der Waals surface area contributed by atoms with Crippen LogP contribution in [0.5, 0.6) is 0 Å². The molecule has 40 heavy (non-hydrogen) atoms. The standard InChI is InChI=1S/C21H27N3O2.2C2HF3O2/c1-2-10-23-19(6-1)14-24-11-7-20-21(16-24,8-4-12-26-20)17-25-15-18-5-3-9-22-13-18;2*3-2(4,5)1(6)7/h1-3,5-6,9-10,13,20H,4,7-8,11-12,14-17H2;2*(H,6,7). The molecule has 222 valence electrons. The highest BCUT2D eigenvalue weighted by Crippen LogP contribution is 2.41. The maximum Gasteiger partial charge on any atom is 0.490 e. The predicted molar refractivity (Wildman–Crippen MR) is 127 cm³/mol. The van der Waals surface area contributed by atoms with E-state index in [4.69, 9.17) is 29.3 Å². The highest BCUT2D eigenvalue weighted by atomic mass is 19.4. The maximum absolute atomic E-state index is 10.6. The van der Waals surface area contributed by atoms with Gasteiger partial charge < -0.3 is 19.7 Å². The first-order valence-corrected chi connectivity index (χ1v) is 12.0. The Morgan fingerprint density at radius 1 is 1.05 bits per heavy atom. The monoisotopic (exact) mass is 581 g/mol. The Morgan fingerprint density at radius 2 is 1.73 bits per heavy atom. The number of likely N-dealkylation sites (tertiary alicyclic amines) is 1. The number of nitrogens with zero attached hydrogens (tertiary/aromatic N) is 3. The Kier molecular flexibility index (Phi) is 12.3. The van der Waals surface area contributed by atoms with Gasteiger partial charge in [-0.1, -0.05) is 12.1 Å². The zero-order valence-electron chi connectivity index (χ0n) is 21.2. The first-order chi connectivity index (χ1) is 18.7. The summed E-state index contributed by atoms with van der Waals surface area (Å²) in [7, 11) is 0. The van der Waals surface area contributed by atoms with Crippen LogP contribution < -0.4 is 0 Å². The lowest BCUT2D eigenvalue weighted by Gasteiger charge is -2.50. The molecule has 2 fully saturated rings. The lowest BCUT2D eigenvalue weighted by Crippen LogP contribution is -2.56. The maximum atomic E-state index is 10.6. The number of fused-ring (bicyclic) bond motifs is 1. The van der Waals surface area contributed by atoms with E-state index in [9.17, 15) is 26.3 Å². The molecule has 0 bridgehead atoms. The predicted octanol–water partition coefficient (Wildman–Crippen LogP) is 4.33. The van der Waals surface area contributed by atoms with Gasteiger partial charge in [0.05, 0.1) is 25.0 Å². The van der Waals surface area contributed by atoms with Crippen LogP contribution in [-0.2, 0) is 32.2 Å². The Labute approximate surface area is 225 Å². The van der Waals surface area contributed by atoms with Gasteiger partial charge in [0.15, 0.2) is 0 Å². The van der Waals surface area contributed by atoms with Crippen molar-refractivity contribution in [3.8, 4) is 0 Å². The number of halogens is 6. The number of piperidine rings is 1. The largest absolute Gasteiger partial charge is 0.490 e. The lowest BCUT2D eigenvalue weighted by atomic mass is 9.73. The van der Waals surface area contributed by atoms with Gasteiger partial charge in [-0.05, 0) is 43.0 Å². The summed E-state index contributed by atoms with van der Waals surface area (Å²) in [6, 6.07) is 10.2. The Morgan fingerprint density at radius 3 is 2.27 bits per heavy atom. The third kappa shape index (κ3) is 11.1. The third-order valence-electron chi connectivity index (χ3n) is 6.04. The van der Waals surface area contributed by atoms with E-state index in [1.54, 1.807) is 6.20 Å². The number of rotatable bonds is 6. The quantitative estimate of drug-likeness (QED) is 0.480. The second kappa shape index (κ2) is 14.9. The summed E-state index contributed by atoms with van der Waals surface area (Å²) in [5, 5.41) is 14.2. The molecular weight excluding hydrogens is 552 g/mol. The van der Waals surface area contributed by atoms with E-state index in [0.717, 1.165) is 56.9 Å². The van der Waals surface area contributed by atoms with Crippen LogP contribution in [0.3, 0.4) is 0 Å². The van der Waals surface area contributed by atoms with E-state index in [-0.39, 0.29) is 5.41 Å². The van der Waals surface area contributed by atoms with Gasteiger partial charge in [0.2, 0.25) is 0 Å². The molecule has 2 aromatic rings. The number of carboxylic acids is 2. The van der Waals surface area contributed by atoms with Crippen LogP contribution in [0.15, 0.2) is 48.9 Å². The molecule has 2 saturated heterocycles. The fourth-order valence-electron chi connectivity index (χ4n) is 4.30. The molecule has 2 aliphatic rings. The zero-order valence-corrected chi connectivity index (χ0v) is 21.2. The van der Waals surface area contributed by atoms with Crippen LogP contribution >= 0.6 is 0 Å². The summed E-state index contributed by atoms with van der Waals surface area (Å²) in [6.07, 6.45) is -0.954. The smallest absolute Gasteiger partial charge is 0.475 e. The second-order valence-corrected chi connectivity index (χ2v) is 9.11. The van der Waals surface area contributed by atoms with Gasteiger partial charge in [0.1, 0.15) is 0 Å². The van der Waals surface area contributed by atoms with Crippen molar-refractivity contribution < 1.29 is 55.6 Å². The molecule has 0 aromatic carbocycles. The summed E-state index contributed by atoms with van der Waals surface area (Å²) >= 11 is 0. The molecule has 9 nitrogen and oxygen atoms in total. The van der Waals surface area contributed by atoms with E-state index in [0.29, 0.717) is 12.7 Å². The minimum Gasteiger partial charge on any atom is -0.475 e. The average Bonchev–Trinajstić information content (AvgIpc) is 2.89. The van der Waals surface area contributed by atoms with Crippen molar-refractivity contribution in [2.45, 2.75) is 50.9 Å². The van der Waals surface area contributed by atoms with E-state index in [1.165, 1.54) is 6.42 Å². The van der Waals surface area contributed by atoms with Crippen LogP contribution in [0.2, 0.25) is 0 Å². The molecule has 2 unspecified atom stereocenters. The molecule has 2 aliphatic heterocycles. The van der Waals surface area contributed by atoms with Crippen molar-refractivity contribution in [3.63, 3.8) is 0 Å². The number of hydrogen-bond donors (Lipinski definition) is 2. The average molecular weight is 582 g/mol. The SMILES string of the molecule is O=C(O)C(F)(F)F.O=C(O)C(F)(F)F.c1ccc(CN2CCC3OCCCC3(COCc3cccnc3)C2)nc1. The van der Waals surface area contributed by atoms with Crippen molar-refractivity contribution in [2.24, 2.45) is 5.41 Å². The molecule has 2 N–H and O–H groups in total. The van der Waals surface area contributed by atoms with Gasteiger partial charge in [-0.15, -0.1) is 0 Å². The molecule has 4 rings (SSSR count). The number of hydrogen-bond acceptors (Lipinski definition) is 7. The van der Waals surface area contributed by atoms with Gasteiger partial charge in [-0.25, -0.2) is 9.59 Å². The molecule has 0 aliphatic carbocycles. The van der Waals surface area contributed by atoms with Gasteiger partial charge in [0, 0.05) is 50.2 Å². The van der Waals surface area contributed by atoms with Crippen molar-refractivity contribution >= 4 is 11.9 Å². The fourth-order valence-corrected chi connectivity index (χ4v) is 4.30. The summed E-state index contributed by atoms with van der Waals surface area (Å²) < 4.78 is 75.8. The summed E-state index contributed by atoms with van der Waals surface area (Å²) in [5.74, 6) is -5.51. The molecular formula is C25H29F6N3O6.